The number of aliphatic hydroxyl groups excluding tert-OH is 1. The van der Waals surface area contributed by atoms with Gasteiger partial charge in [-0.15, -0.1) is 0 Å². The monoisotopic (exact) mass is 227 g/mol. The highest BCUT2D eigenvalue weighted by molar-refractivity contribution is 5.66. The molecule has 4 nitrogen and oxygen atoms in total. The average molecular weight is 227 g/mol. The molecule has 4 heteroatoms. The smallest absolute Gasteiger partial charge is 0.407 e. The van der Waals surface area contributed by atoms with Crippen molar-refractivity contribution in [3.05, 3.63) is 0 Å². The summed E-state index contributed by atoms with van der Waals surface area (Å²) in [6, 6.07) is 0.257. The first-order valence-electron chi connectivity index (χ1n) is 6.27. The van der Waals surface area contributed by atoms with E-state index >= 15 is 0 Å². The predicted octanol–water partition coefficient (Wildman–Crippen LogP) is 2.07. The van der Waals surface area contributed by atoms with Crippen LogP contribution in [-0.4, -0.2) is 39.9 Å². The van der Waals surface area contributed by atoms with Crippen molar-refractivity contribution >= 4 is 6.09 Å². The molecule has 0 aromatic heterocycles. The molecule has 2 N–H and O–H groups in total. The molecule has 3 unspecified atom stereocenters. The highest BCUT2D eigenvalue weighted by Gasteiger charge is 2.52. The SMILES string of the molecule is CCCC1(CO)CCC2CCC1N2C(=O)O. The van der Waals surface area contributed by atoms with Crippen molar-refractivity contribution in [1.82, 2.24) is 4.90 Å². The molecule has 3 atom stereocenters. The van der Waals surface area contributed by atoms with Crippen LogP contribution in [0.4, 0.5) is 4.79 Å². The second-order valence-corrected chi connectivity index (χ2v) is 5.25. The molecular formula is C12H21NO3. The molecule has 92 valence electrons. The average Bonchev–Trinajstić information content (AvgIpc) is 2.61. The van der Waals surface area contributed by atoms with Gasteiger partial charge in [0.15, 0.2) is 0 Å². The molecule has 0 radical (unpaired) electrons. The number of carboxylic acid groups (broad SMARTS) is 1. The van der Waals surface area contributed by atoms with Gasteiger partial charge in [-0.25, -0.2) is 4.79 Å². The number of aliphatic hydroxyl groups is 1. The van der Waals surface area contributed by atoms with Crippen LogP contribution in [-0.2, 0) is 0 Å². The standard InChI is InChI=1S/C12H21NO3/c1-2-6-12(8-14)7-5-9-3-4-10(12)13(9)11(15)16/h9-10,14H,2-8H2,1H3,(H,15,16). The van der Waals surface area contributed by atoms with Crippen LogP contribution in [0, 0.1) is 5.41 Å². The van der Waals surface area contributed by atoms with Crippen LogP contribution in [0.1, 0.15) is 45.4 Å². The molecule has 2 aliphatic rings. The van der Waals surface area contributed by atoms with Crippen molar-refractivity contribution in [2.24, 2.45) is 5.41 Å². The Morgan fingerprint density at radius 2 is 2.19 bits per heavy atom. The van der Waals surface area contributed by atoms with Gasteiger partial charge in [0.25, 0.3) is 0 Å². The summed E-state index contributed by atoms with van der Waals surface area (Å²) in [6.07, 6.45) is 4.95. The van der Waals surface area contributed by atoms with Crippen LogP contribution in [0.3, 0.4) is 0 Å². The van der Waals surface area contributed by atoms with Crippen molar-refractivity contribution in [1.29, 1.82) is 0 Å². The Labute approximate surface area is 96.3 Å². The van der Waals surface area contributed by atoms with Gasteiger partial charge in [0.05, 0.1) is 6.61 Å². The zero-order valence-corrected chi connectivity index (χ0v) is 9.85. The van der Waals surface area contributed by atoms with Crippen LogP contribution >= 0.6 is 0 Å². The molecule has 2 rings (SSSR count). The number of nitrogens with zero attached hydrogens (tertiary/aromatic N) is 1. The molecule has 0 spiro atoms. The van der Waals surface area contributed by atoms with E-state index in [4.69, 9.17) is 0 Å². The Bertz CT molecular complexity index is 281. The van der Waals surface area contributed by atoms with Crippen LogP contribution in [0.15, 0.2) is 0 Å². The number of rotatable bonds is 3. The summed E-state index contributed by atoms with van der Waals surface area (Å²) in [7, 11) is 0. The Morgan fingerprint density at radius 1 is 1.44 bits per heavy atom. The fourth-order valence-corrected chi connectivity index (χ4v) is 3.73. The van der Waals surface area contributed by atoms with E-state index < -0.39 is 6.09 Å². The molecule has 1 amide bonds. The van der Waals surface area contributed by atoms with Crippen LogP contribution < -0.4 is 0 Å². The van der Waals surface area contributed by atoms with E-state index in [9.17, 15) is 15.0 Å². The highest BCUT2D eigenvalue weighted by Crippen LogP contribution is 2.48. The van der Waals surface area contributed by atoms with E-state index in [1.165, 1.54) is 0 Å². The van der Waals surface area contributed by atoms with Gasteiger partial charge in [0, 0.05) is 17.5 Å². The lowest BCUT2D eigenvalue weighted by atomic mass is 9.71. The normalized spacial score (nSPS) is 37.8. The maximum Gasteiger partial charge on any atom is 0.407 e. The summed E-state index contributed by atoms with van der Waals surface area (Å²) < 4.78 is 0. The lowest BCUT2D eigenvalue weighted by Gasteiger charge is -2.47. The summed E-state index contributed by atoms with van der Waals surface area (Å²) in [5.74, 6) is 0. The maximum atomic E-state index is 11.3. The number of amides is 1. The molecule has 0 aromatic rings. The predicted molar refractivity (Wildman–Crippen MR) is 60.3 cm³/mol. The molecule has 2 heterocycles. The second kappa shape index (κ2) is 4.24. The van der Waals surface area contributed by atoms with Gasteiger partial charge >= 0.3 is 6.09 Å². The van der Waals surface area contributed by atoms with Gasteiger partial charge in [0.1, 0.15) is 0 Å². The maximum absolute atomic E-state index is 11.3. The van der Waals surface area contributed by atoms with E-state index in [1.807, 2.05) is 0 Å². The van der Waals surface area contributed by atoms with Gasteiger partial charge in [0.2, 0.25) is 0 Å². The van der Waals surface area contributed by atoms with E-state index in [1.54, 1.807) is 4.90 Å². The molecule has 0 aromatic carbocycles. The Hall–Kier alpha value is -0.770. The van der Waals surface area contributed by atoms with E-state index in [0.29, 0.717) is 0 Å². The molecular weight excluding hydrogens is 206 g/mol. The molecule has 2 fully saturated rings. The van der Waals surface area contributed by atoms with Gasteiger partial charge in [-0.05, 0) is 32.1 Å². The number of carbonyl (C=O) groups is 1. The first-order valence-corrected chi connectivity index (χ1v) is 6.27. The summed E-state index contributed by atoms with van der Waals surface area (Å²) >= 11 is 0. The lowest BCUT2D eigenvalue weighted by molar-refractivity contribution is -0.0193. The third-order valence-corrected chi connectivity index (χ3v) is 4.47. The minimum absolute atomic E-state index is 0.0497. The van der Waals surface area contributed by atoms with Gasteiger partial charge in [-0.2, -0.15) is 0 Å². The zero-order chi connectivity index (χ0) is 11.8. The number of hydrogen-bond donors (Lipinski definition) is 2. The van der Waals surface area contributed by atoms with E-state index in [-0.39, 0.29) is 24.1 Å². The highest BCUT2D eigenvalue weighted by atomic mass is 16.4. The quantitative estimate of drug-likeness (QED) is 0.776. The molecule has 2 aliphatic heterocycles. The molecule has 0 saturated carbocycles. The fraction of sp³-hybridized carbons (Fsp3) is 0.917. The van der Waals surface area contributed by atoms with Gasteiger partial charge in [-0.1, -0.05) is 13.3 Å². The summed E-state index contributed by atoms with van der Waals surface area (Å²) in [5.41, 5.74) is -0.167. The first-order chi connectivity index (χ1) is 7.64. The number of hydrogen-bond acceptors (Lipinski definition) is 2. The first kappa shape index (κ1) is 11.7. The topological polar surface area (TPSA) is 60.8 Å². The van der Waals surface area contributed by atoms with Crippen molar-refractivity contribution in [2.75, 3.05) is 6.61 Å². The largest absolute Gasteiger partial charge is 0.465 e. The Balaban J connectivity index is 2.25. The van der Waals surface area contributed by atoms with E-state index in [2.05, 4.69) is 6.92 Å². The molecule has 16 heavy (non-hydrogen) atoms. The van der Waals surface area contributed by atoms with Gasteiger partial charge < -0.3 is 15.1 Å². The van der Waals surface area contributed by atoms with Crippen molar-refractivity contribution in [2.45, 2.75) is 57.5 Å². The molecule has 2 saturated heterocycles. The second-order valence-electron chi connectivity index (χ2n) is 5.25. The van der Waals surface area contributed by atoms with Crippen molar-refractivity contribution in [3.63, 3.8) is 0 Å². The molecule has 0 aliphatic carbocycles. The van der Waals surface area contributed by atoms with Crippen LogP contribution in [0.25, 0.3) is 0 Å². The third kappa shape index (κ3) is 1.59. The summed E-state index contributed by atoms with van der Waals surface area (Å²) in [5, 5.41) is 18.9. The van der Waals surface area contributed by atoms with Crippen LogP contribution in [0.2, 0.25) is 0 Å². The Morgan fingerprint density at radius 3 is 2.75 bits per heavy atom. The number of piperidine rings is 1. The van der Waals surface area contributed by atoms with Crippen molar-refractivity contribution < 1.29 is 15.0 Å². The van der Waals surface area contributed by atoms with Crippen LogP contribution in [0.5, 0.6) is 0 Å². The minimum Gasteiger partial charge on any atom is -0.465 e. The van der Waals surface area contributed by atoms with Gasteiger partial charge in [-0.3, -0.25) is 0 Å². The fourth-order valence-electron chi connectivity index (χ4n) is 3.73. The number of fused-ring (bicyclic) bond motifs is 2. The minimum atomic E-state index is -0.805. The van der Waals surface area contributed by atoms with E-state index in [0.717, 1.165) is 38.5 Å². The molecule has 2 bridgehead atoms. The summed E-state index contributed by atoms with van der Waals surface area (Å²) in [4.78, 5) is 12.9. The zero-order valence-electron chi connectivity index (χ0n) is 9.85. The summed E-state index contributed by atoms with van der Waals surface area (Å²) in [6.45, 7) is 2.23. The van der Waals surface area contributed by atoms with Crippen molar-refractivity contribution in [3.8, 4) is 0 Å². The Kier molecular flexibility index (Phi) is 3.10. The third-order valence-electron chi connectivity index (χ3n) is 4.47. The lowest BCUT2D eigenvalue weighted by Crippen LogP contribution is -2.54.